The zero-order valence-electron chi connectivity index (χ0n) is 14.9. The molecule has 2 heterocycles. The van der Waals surface area contributed by atoms with E-state index in [4.69, 9.17) is 4.42 Å². The number of anilines is 1. The van der Waals surface area contributed by atoms with Gasteiger partial charge < -0.3 is 4.42 Å². The number of carbonyl (C=O) groups excluding carboxylic acids is 1. The molecular weight excluding hydrogens is 363 g/mol. The van der Waals surface area contributed by atoms with Crippen molar-refractivity contribution >= 4 is 32.6 Å². The highest BCUT2D eigenvalue weighted by Crippen LogP contribution is 2.31. The van der Waals surface area contributed by atoms with E-state index in [-0.39, 0.29) is 18.3 Å². The number of amides is 1. The van der Waals surface area contributed by atoms with Crippen molar-refractivity contribution in [2.24, 2.45) is 0 Å². The van der Waals surface area contributed by atoms with Crippen LogP contribution in [0.3, 0.4) is 0 Å². The Kier molecular flexibility index (Phi) is 4.49. The maximum Gasteiger partial charge on any atom is 0.260 e. The van der Waals surface area contributed by atoms with Crippen LogP contribution in [-0.4, -0.2) is 10.9 Å². The Morgan fingerprint density at radius 2 is 2.04 bits per heavy atom. The summed E-state index contributed by atoms with van der Waals surface area (Å²) in [6.45, 7) is 4.11. The number of fused-ring (bicyclic) bond motifs is 1. The molecule has 0 aliphatic rings. The average Bonchev–Trinajstić information content (AvgIpc) is 3.30. The summed E-state index contributed by atoms with van der Waals surface area (Å²) in [5.74, 6) is 0.169. The molecule has 2 aromatic carbocycles. The summed E-state index contributed by atoms with van der Waals surface area (Å²) in [5.41, 5.74) is 3.18. The summed E-state index contributed by atoms with van der Waals surface area (Å²) in [7, 11) is 0. The van der Waals surface area contributed by atoms with Crippen molar-refractivity contribution < 1.29 is 13.6 Å². The van der Waals surface area contributed by atoms with E-state index in [0.29, 0.717) is 26.7 Å². The number of hydrogen-bond donors (Lipinski definition) is 0. The molecule has 0 radical (unpaired) electrons. The smallest absolute Gasteiger partial charge is 0.260 e. The molecule has 4 nitrogen and oxygen atoms in total. The van der Waals surface area contributed by atoms with Crippen LogP contribution in [0.4, 0.5) is 9.52 Å². The van der Waals surface area contributed by atoms with Crippen molar-refractivity contribution in [3.63, 3.8) is 0 Å². The largest absolute Gasteiger partial charge is 0.467 e. The number of aromatic nitrogens is 1. The second kappa shape index (κ2) is 6.96. The molecule has 0 bridgehead atoms. The molecule has 1 amide bonds. The molecule has 4 aromatic rings. The first kappa shape index (κ1) is 17.4. The number of furan rings is 1. The molecule has 0 aliphatic heterocycles. The summed E-state index contributed by atoms with van der Waals surface area (Å²) >= 11 is 1.29. The highest BCUT2D eigenvalue weighted by atomic mass is 32.1. The van der Waals surface area contributed by atoms with Gasteiger partial charge in [0.15, 0.2) is 5.13 Å². The Morgan fingerprint density at radius 3 is 2.81 bits per heavy atom. The molecule has 0 fully saturated rings. The van der Waals surface area contributed by atoms with Crippen LogP contribution < -0.4 is 4.90 Å². The van der Waals surface area contributed by atoms with Crippen LogP contribution in [0.1, 0.15) is 27.2 Å². The third kappa shape index (κ3) is 3.48. The summed E-state index contributed by atoms with van der Waals surface area (Å²) in [5, 5.41) is 0.512. The fraction of sp³-hybridized carbons (Fsp3) is 0.143. The predicted molar refractivity (Wildman–Crippen MR) is 105 cm³/mol. The number of benzene rings is 2. The van der Waals surface area contributed by atoms with E-state index in [1.807, 2.05) is 38.1 Å². The van der Waals surface area contributed by atoms with Crippen molar-refractivity contribution in [2.45, 2.75) is 20.4 Å². The Labute approximate surface area is 159 Å². The van der Waals surface area contributed by atoms with Crippen molar-refractivity contribution in [1.29, 1.82) is 0 Å². The zero-order chi connectivity index (χ0) is 19.0. The van der Waals surface area contributed by atoms with E-state index in [0.717, 1.165) is 11.1 Å². The number of halogens is 1. The van der Waals surface area contributed by atoms with Gasteiger partial charge in [0.2, 0.25) is 0 Å². The number of rotatable bonds is 4. The third-order valence-electron chi connectivity index (χ3n) is 4.33. The Morgan fingerprint density at radius 1 is 1.19 bits per heavy atom. The molecule has 0 unspecified atom stereocenters. The molecule has 0 N–H and O–H groups in total. The molecule has 0 saturated heterocycles. The van der Waals surface area contributed by atoms with Gasteiger partial charge in [-0.3, -0.25) is 9.69 Å². The lowest BCUT2D eigenvalue weighted by Gasteiger charge is -2.20. The Bertz CT molecular complexity index is 1120. The van der Waals surface area contributed by atoms with Gasteiger partial charge in [0.1, 0.15) is 11.6 Å². The van der Waals surface area contributed by atoms with Gasteiger partial charge in [-0.1, -0.05) is 29.0 Å². The summed E-state index contributed by atoms with van der Waals surface area (Å²) < 4.78 is 19.7. The van der Waals surface area contributed by atoms with Crippen LogP contribution in [0, 0.1) is 19.7 Å². The van der Waals surface area contributed by atoms with Crippen LogP contribution in [-0.2, 0) is 6.54 Å². The standard InChI is InChI=1S/C21H17FN2O2S/c1-13-5-6-14(2)17(10-13)20(25)24(12-16-4-3-9-26-16)21-23-18-8-7-15(22)11-19(18)27-21/h3-11H,12H2,1-2H3. The molecule has 0 spiro atoms. The minimum absolute atomic E-state index is 0.160. The van der Waals surface area contributed by atoms with E-state index in [2.05, 4.69) is 4.98 Å². The van der Waals surface area contributed by atoms with Crippen molar-refractivity contribution in [3.05, 3.63) is 83.1 Å². The van der Waals surface area contributed by atoms with Gasteiger partial charge in [-0.25, -0.2) is 9.37 Å². The van der Waals surface area contributed by atoms with Gasteiger partial charge in [-0.2, -0.15) is 0 Å². The monoisotopic (exact) mass is 380 g/mol. The van der Waals surface area contributed by atoms with Crippen LogP contribution in [0.5, 0.6) is 0 Å². The molecule has 136 valence electrons. The fourth-order valence-electron chi connectivity index (χ4n) is 2.90. The molecule has 0 saturated carbocycles. The molecule has 27 heavy (non-hydrogen) atoms. The number of hydrogen-bond acceptors (Lipinski definition) is 4. The van der Waals surface area contributed by atoms with Gasteiger partial charge in [-0.15, -0.1) is 0 Å². The maximum absolute atomic E-state index is 13.6. The van der Waals surface area contributed by atoms with E-state index in [1.165, 1.54) is 23.5 Å². The SMILES string of the molecule is Cc1ccc(C)c(C(=O)N(Cc2ccco2)c2nc3ccc(F)cc3s2)c1. The van der Waals surface area contributed by atoms with Gasteiger partial charge >= 0.3 is 0 Å². The highest BCUT2D eigenvalue weighted by Gasteiger charge is 2.24. The van der Waals surface area contributed by atoms with Crippen molar-refractivity contribution in [3.8, 4) is 0 Å². The van der Waals surface area contributed by atoms with Gasteiger partial charge in [0.25, 0.3) is 5.91 Å². The van der Waals surface area contributed by atoms with E-state index in [9.17, 15) is 9.18 Å². The van der Waals surface area contributed by atoms with Gasteiger partial charge in [0.05, 0.1) is 23.0 Å². The Balaban J connectivity index is 1.80. The first-order chi connectivity index (χ1) is 13.0. The molecule has 0 aliphatic carbocycles. The van der Waals surface area contributed by atoms with Crippen LogP contribution in [0.15, 0.2) is 59.2 Å². The molecule has 4 rings (SSSR count). The zero-order valence-corrected chi connectivity index (χ0v) is 15.7. The summed E-state index contributed by atoms with van der Waals surface area (Å²) in [6, 6.07) is 13.8. The lowest BCUT2D eigenvalue weighted by atomic mass is 10.0. The normalized spacial score (nSPS) is 11.1. The minimum Gasteiger partial charge on any atom is -0.467 e. The molecular formula is C21H17FN2O2S. The average molecular weight is 380 g/mol. The minimum atomic E-state index is -0.323. The van der Waals surface area contributed by atoms with E-state index < -0.39 is 0 Å². The number of nitrogens with zero attached hydrogens (tertiary/aromatic N) is 2. The van der Waals surface area contributed by atoms with Gasteiger partial charge in [-0.05, 0) is 55.8 Å². The lowest BCUT2D eigenvalue weighted by Crippen LogP contribution is -2.30. The second-order valence-corrected chi connectivity index (χ2v) is 7.41. The van der Waals surface area contributed by atoms with Crippen LogP contribution in [0.2, 0.25) is 0 Å². The maximum atomic E-state index is 13.6. The predicted octanol–water partition coefficient (Wildman–Crippen LogP) is 5.49. The van der Waals surface area contributed by atoms with Gasteiger partial charge in [0, 0.05) is 5.56 Å². The number of aryl methyl sites for hydroxylation is 2. The van der Waals surface area contributed by atoms with E-state index in [1.54, 1.807) is 23.3 Å². The second-order valence-electron chi connectivity index (χ2n) is 6.40. The topological polar surface area (TPSA) is 46.3 Å². The highest BCUT2D eigenvalue weighted by molar-refractivity contribution is 7.22. The molecule has 6 heteroatoms. The number of thiazole rings is 1. The fourth-order valence-corrected chi connectivity index (χ4v) is 3.89. The quantitative estimate of drug-likeness (QED) is 0.470. The lowest BCUT2D eigenvalue weighted by molar-refractivity contribution is 0.0982. The van der Waals surface area contributed by atoms with Crippen molar-refractivity contribution in [1.82, 2.24) is 4.98 Å². The van der Waals surface area contributed by atoms with Crippen LogP contribution >= 0.6 is 11.3 Å². The molecule has 2 aromatic heterocycles. The first-order valence-corrected chi connectivity index (χ1v) is 9.30. The summed E-state index contributed by atoms with van der Waals surface area (Å²) in [6.07, 6.45) is 1.57. The number of carbonyl (C=O) groups is 1. The Hall–Kier alpha value is -2.99. The summed E-state index contributed by atoms with van der Waals surface area (Å²) in [4.78, 5) is 19.5. The third-order valence-corrected chi connectivity index (χ3v) is 5.37. The van der Waals surface area contributed by atoms with E-state index >= 15 is 0 Å². The first-order valence-electron chi connectivity index (χ1n) is 8.49. The molecule has 0 atom stereocenters. The van der Waals surface area contributed by atoms with Crippen LogP contribution in [0.25, 0.3) is 10.2 Å². The van der Waals surface area contributed by atoms with Crippen molar-refractivity contribution in [2.75, 3.05) is 4.90 Å².